The lowest BCUT2D eigenvalue weighted by atomic mass is 9.72. The Morgan fingerprint density at radius 2 is 2.03 bits per heavy atom. The highest BCUT2D eigenvalue weighted by atomic mass is 32.1. The van der Waals surface area contributed by atoms with Gasteiger partial charge in [-0.1, -0.05) is 31.2 Å². The summed E-state index contributed by atoms with van der Waals surface area (Å²) in [6.07, 6.45) is 1.69. The lowest BCUT2D eigenvalue weighted by Crippen LogP contribution is -2.36. The number of halogens is 1. The molecule has 0 saturated heterocycles. The Kier molecular flexibility index (Phi) is 5.86. The van der Waals surface area contributed by atoms with Gasteiger partial charge in [-0.2, -0.15) is 0 Å². The number of hydrogen-bond donors (Lipinski definition) is 1. The number of esters is 1. The van der Waals surface area contributed by atoms with Crippen LogP contribution in [-0.2, 0) is 14.3 Å². The molecule has 0 radical (unpaired) electrons. The van der Waals surface area contributed by atoms with Crippen molar-refractivity contribution < 1.29 is 18.7 Å². The van der Waals surface area contributed by atoms with Crippen LogP contribution in [0.5, 0.6) is 0 Å². The molecule has 2 atom stereocenters. The summed E-state index contributed by atoms with van der Waals surface area (Å²) >= 11 is 1.64. The molecule has 0 spiro atoms. The largest absolute Gasteiger partial charge is 0.462 e. The minimum Gasteiger partial charge on any atom is -0.462 e. The van der Waals surface area contributed by atoms with Crippen LogP contribution in [0.2, 0.25) is 0 Å². The molecule has 2 aliphatic rings. The number of carbonyl (C=O) groups excluding carboxylic acids is 2. The molecule has 0 amide bonds. The lowest BCUT2D eigenvalue weighted by molar-refractivity contribution is -0.139. The Balaban J connectivity index is 1.81. The van der Waals surface area contributed by atoms with E-state index in [-0.39, 0.29) is 18.3 Å². The molecule has 1 N–H and O–H groups in total. The first-order valence-corrected chi connectivity index (χ1v) is 11.1. The molecule has 1 aliphatic carbocycles. The first kappa shape index (κ1) is 20.5. The summed E-state index contributed by atoms with van der Waals surface area (Å²) in [7, 11) is 0. The fraction of sp³-hybridized carbons (Fsp3) is 0.333. The Labute approximate surface area is 179 Å². The highest BCUT2D eigenvalue weighted by Crippen LogP contribution is 2.46. The molecule has 1 aromatic heterocycles. The van der Waals surface area contributed by atoms with E-state index in [9.17, 15) is 14.0 Å². The van der Waals surface area contributed by atoms with Crippen LogP contribution in [0.25, 0.3) is 0 Å². The quantitative estimate of drug-likeness (QED) is 0.669. The number of carbonyl (C=O) groups is 2. The van der Waals surface area contributed by atoms with Gasteiger partial charge in [-0.05, 0) is 37.3 Å². The molecule has 1 aromatic carbocycles. The number of thiophene rings is 1. The van der Waals surface area contributed by atoms with Crippen molar-refractivity contribution in [3.63, 3.8) is 0 Å². The summed E-state index contributed by atoms with van der Waals surface area (Å²) in [6.45, 7) is 3.98. The molecule has 2 aromatic rings. The SMILES string of the molecule is CCCOC(=O)C1=C(C)NC2=C(C(=O)C[C@H](c3cccs3)C2)[C@@H]1c1ccccc1F. The number of Topliss-reactive ketones (excluding diaryl/α,β-unsaturated/α-hetero) is 1. The highest BCUT2D eigenvalue weighted by molar-refractivity contribution is 7.10. The van der Waals surface area contributed by atoms with E-state index in [1.165, 1.54) is 6.07 Å². The zero-order chi connectivity index (χ0) is 21.3. The van der Waals surface area contributed by atoms with Crippen molar-refractivity contribution in [3.05, 3.63) is 80.6 Å². The van der Waals surface area contributed by atoms with Crippen LogP contribution < -0.4 is 5.32 Å². The van der Waals surface area contributed by atoms with E-state index in [2.05, 4.69) is 5.32 Å². The summed E-state index contributed by atoms with van der Waals surface area (Å²) in [5.74, 6) is -1.66. The predicted octanol–water partition coefficient (Wildman–Crippen LogP) is 5.20. The molecule has 1 aliphatic heterocycles. The monoisotopic (exact) mass is 425 g/mol. The molecule has 30 heavy (non-hydrogen) atoms. The van der Waals surface area contributed by atoms with E-state index in [1.807, 2.05) is 24.4 Å². The van der Waals surface area contributed by atoms with Crippen molar-refractivity contribution in [3.8, 4) is 0 Å². The number of allylic oxidation sites excluding steroid dienone is 3. The maximum atomic E-state index is 14.8. The van der Waals surface area contributed by atoms with Crippen LogP contribution in [0.1, 0.15) is 55.4 Å². The molecule has 4 rings (SSSR count). The van der Waals surface area contributed by atoms with Gasteiger partial charge < -0.3 is 10.1 Å². The Morgan fingerprint density at radius 3 is 2.73 bits per heavy atom. The van der Waals surface area contributed by atoms with Crippen LogP contribution in [-0.4, -0.2) is 18.4 Å². The van der Waals surface area contributed by atoms with Gasteiger partial charge in [0.2, 0.25) is 0 Å². The third-order valence-electron chi connectivity index (χ3n) is 5.65. The third-order valence-corrected chi connectivity index (χ3v) is 6.68. The summed E-state index contributed by atoms with van der Waals surface area (Å²) in [6, 6.07) is 10.4. The van der Waals surface area contributed by atoms with Gasteiger partial charge in [-0.3, -0.25) is 4.79 Å². The van der Waals surface area contributed by atoms with Crippen molar-refractivity contribution in [1.29, 1.82) is 0 Å². The molecular weight excluding hydrogens is 401 g/mol. The molecule has 4 nitrogen and oxygen atoms in total. The van der Waals surface area contributed by atoms with E-state index in [0.29, 0.717) is 41.7 Å². The highest BCUT2D eigenvalue weighted by Gasteiger charge is 2.42. The summed E-state index contributed by atoms with van der Waals surface area (Å²) in [5.41, 5.74) is 2.53. The molecule has 156 valence electrons. The second kappa shape index (κ2) is 8.56. The van der Waals surface area contributed by atoms with Gasteiger partial charge in [0.15, 0.2) is 5.78 Å². The first-order valence-electron chi connectivity index (χ1n) is 10.2. The Morgan fingerprint density at radius 1 is 1.23 bits per heavy atom. The number of nitrogens with one attached hydrogen (secondary N) is 1. The van der Waals surface area contributed by atoms with Crippen molar-refractivity contribution in [1.82, 2.24) is 5.32 Å². The van der Waals surface area contributed by atoms with Gasteiger partial charge in [-0.15, -0.1) is 11.3 Å². The van der Waals surface area contributed by atoms with Gasteiger partial charge in [-0.25, -0.2) is 9.18 Å². The topological polar surface area (TPSA) is 55.4 Å². The second-order valence-corrected chi connectivity index (χ2v) is 8.67. The predicted molar refractivity (Wildman–Crippen MR) is 115 cm³/mol. The van der Waals surface area contributed by atoms with Crippen molar-refractivity contribution in [2.24, 2.45) is 0 Å². The van der Waals surface area contributed by atoms with Crippen molar-refractivity contribution in [2.45, 2.75) is 44.9 Å². The average Bonchev–Trinajstić information content (AvgIpc) is 3.26. The van der Waals surface area contributed by atoms with Crippen LogP contribution >= 0.6 is 11.3 Å². The van der Waals surface area contributed by atoms with Crippen molar-refractivity contribution in [2.75, 3.05) is 6.61 Å². The molecule has 0 saturated carbocycles. The summed E-state index contributed by atoms with van der Waals surface area (Å²) < 4.78 is 20.2. The third kappa shape index (κ3) is 3.72. The Hall–Kier alpha value is -2.73. The van der Waals surface area contributed by atoms with Crippen LogP contribution in [0.15, 0.2) is 64.3 Å². The summed E-state index contributed by atoms with van der Waals surface area (Å²) in [5, 5.41) is 5.29. The van der Waals surface area contributed by atoms with Crippen LogP contribution in [0.4, 0.5) is 4.39 Å². The number of dihydropyridines is 1. The zero-order valence-corrected chi connectivity index (χ0v) is 17.9. The van der Waals surface area contributed by atoms with E-state index < -0.39 is 17.7 Å². The average molecular weight is 426 g/mol. The van der Waals surface area contributed by atoms with E-state index in [1.54, 1.807) is 36.5 Å². The van der Waals surface area contributed by atoms with Gasteiger partial charge in [0.25, 0.3) is 0 Å². The van der Waals surface area contributed by atoms with Gasteiger partial charge in [0.1, 0.15) is 5.82 Å². The van der Waals surface area contributed by atoms with Gasteiger partial charge in [0, 0.05) is 39.7 Å². The van der Waals surface area contributed by atoms with E-state index in [4.69, 9.17) is 4.74 Å². The fourth-order valence-corrected chi connectivity index (χ4v) is 5.16. The second-order valence-electron chi connectivity index (χ2n) is 7.69. The lowest BCUT2D eigenvalue weighted by Gasteiger charge is -2.36. The number of ketones is 1. The summed E-state index contributed by atoms with van der Waals surface area (Å²) in [4.78, 5) is 27.4. The van der Waals surface area contributed by atoms with Gasteiger partial charge in [0.05, 0.1) is 18.1 Å². The molecule has 6 heteroatoms. The molecule has 2 heterocycles. The fourth-order valence-electron chi connectivity index (χ4n) is 4.33. The molecular formula is C24H24FNO3S. The van der Waals surface area contributed by atoms with Crippen LogP contribution in [0, 0.1) is 5.82 Å². The number of ether oxygens (including phenoxy) is 1. The maximum absolute atomic E-state index is 14.8. The van der Waals surface area contributed by atoms with Crippen molar-refractivity contribution >= 4 is 23.1 Å². The Bertz CT molecular complexity index is 1040. The number of hydrogen-bond acceptors (Lipinski definition) is 5. The molecule has 0 bridgehead atoms. The van der Waals surface area contributed by atoms with Crippen LogP contribution in [0.3, 0.4) is 0 Å². The van der Waals surface area contributed by atoms with Gasteiger partial charge >= 0.3 is 5.97 Å². The number of rotatable bonds is 5. The number of benzene rings is 1. The normalized spacial score (nSPS) is 21.4. The smallest absolute Gasteiger partial charge is 0.336 e. The first-order chi connectivity index (χ1) is 14.5. The minimum absolute atomic E-state index is 0.0521. The minimum atomic E-state index is -0.761. The molecule has 0 unspecified atom stereocenters. The van der Waals surface area contributed by atoms with E-state index in [0.717, 1.165) is 10.6 Å². The zero-order valence-electron chi connectivity index (χ0n) is 17.0. The maximum Gasteiger partial charge on any atom is 0.336 e. The standard InChI is InChI=1S/C24H24FNO3S/c1-3-10-29-24(28)21-14(2)26-18-12-15(20-9-6-11-30-20)13-19(27)23(18)22(21)16-7-4-5-8-17(16)25/h4-9,11,15,22,26H,3,10,12-13H2,1-2H3/t15-,22-/m1/s1. The van der Waals surface area contributed by atoms with E-state index >= 15 is 0 Å². The molecule has 0 fully saturated rings.